The summed E-state index contributed by atoms with van der Waals surface area (Å²) in [6.07, 6.45) is -0.00895. The van der Waals surface area contributed by atoms with Crippen LogP contribution in [0.4, 0.5) is 49.4 Å². The highest BCUT2D eigenvalue weighted by Gasteiger charge is 2.55. The summed E-state index contributed by atoms with van der Waals surface area (Å²) in [6.45, 7) is 23.1. The Kier molecular flexibility index (Phi) is 30.7. The molecule has 0 radical (unpaired) electrons. The van der Waals surface area contributed by atoms with Crippen LogP contribution >= 0.6 is 69.8 Å². The molecular weight excluding hydrogens is 1630 g/mol. The Morgan fingerprint density at radius 3 is 1.76 bits per heavy atom. The summed E-state index contributed by atoms with van der Waals surface area (Å²) in [5.41, 5.74) is 9.13. The van der Waals surface area contributed by atoms with Crippen molar-refractivity contribution in [2.45, 2.75) is 150 Å². The predicted octanol–water partition coefficient (Wildman–Crippen LogP) is 21.0. The van der Waals surface area contributed by atoms with Crippen molar-refractivity contribution in [2.75, 3.05) is 38.7 Å². The molecule has 8 amide bonds. The Morgan fingerprint density at radius 1 is 0.627 bits per heavy atom. The summed E-state index contributed by atoms with van der Waals surface area (Å²) in [6, 6.07) is 47.9. The topological polar surface area (TPSA) is 318 Å². The number of nitrogens with one attached hydrogen (secondary N) is 6. The zero-order chi connectivity index (χ0) is 86.2. The number of nitrogens with zero attached hydrogens (tertiary/aromatic N) is 4. The number of para-hydroxylation sites is 1. The van der Waals surface area contributed by atoms with Crippen LogP contribution in [0, 0.1) is 58.3 Å². The van der Waals surface area contributed by atoms with Gasteiger partial charge in [-0.2, -0.15) is 5.26 Å². The van der Waals surface area contributed by atoms with Crippen molar-refractivity contribution in [3.63, 3.8) is 0 Å². The third-order valence-electron chi connectivity index (χ3n) is 18.1. The number of nitriles is 1. The molecule has 11 rings (SSSR count). The van der Waals surface area contributed by atoms with Crippen LogP contribution in [-0.4, -0.2) is 99.5 Å². The molecule has 0 aromatic heterocycles. The average molecular weight is 1720 g/mol. The second kappa shape index (κ2) is 40.1. The van der Waals surface area contributed by atoms with E-state index in [1.54, 1.807) is 113 Å². The Bertz CT molecular complexity index is 5350. The Hall–Kier alpha value is -11.5. The van der Waals surface area contributed by atoms with Crippen molar-refractivity contribution in [1.82, 2.24) is 10.3 Å². The summed E-state index contributed by atoms with van der Waals surface area (Å²) >= 11 is 33.0. The van der Waals surface area contributed by atoms with Gasteiger partial charge in [-0.1, -0.05) is 159 Å². The van der Waals surface area contributed by atoms with E-state index in [1.165, 1.54) is 54.9 Å². The first-order chi connectivity index (χ1) is 55.9. The molecule has 4 unspecified atom stereocenters. The van der Waals surface area contributed by atoms with E-state index >= 15 is 0 Å². The number of ether oxygens (including phenoxy) is 5. The van der Waals surface area contributed by atoms with Gasteiger partial charge in [0.1, 0.15) is 45.5 Å². The zero-order valence-electron chi connectivity index (χ0n) is 67.1. The third-order valence-corrected chi connectivity index (χ3v) is 20.9. The number of anilines is 6. The number of imide groups is 1. The van der Waals surface area contributed by atoms with Crippen LogP contribution in [0.1, 0.15) is 113 Å². The fraction of sp³-hybridized carbons (Fsp3) is 0.273. The highest BCUT2D eigenvalue weighted by Crippen LogP contribution is 2.44. The normalized spacial score (nSPS) is 14.5. The highest BCUT2D eigenvalue weighted by molar-refractivity contribution is 8.01. The first kappa shape index (κ1) is 90.4. The van der Waals surface area contributed by atoms with E-state index in [0.717, 1.165) is 46.2 Å². The summed E-state index contributed by atoms with van der Waals surface area (Å²) in [5, 5.41) is 35.3. The van der Waals surface area contributed by atoms with Gasteiger partial charge in [-0.15, -0.1) is 11.8 Å². The first-order valence-corrected chi connectivity index (χ1v) is 40.1. The molecule has 616 valence electrons. The number of carbonyl (C=O) groups excluding carboxylic acids is 8. The summed E-state index contributed by atoms with van der Waals surface area (Å²) in [7, 11) is 1.56. The molecule has 9 aromatic carbocycles. The molecule has 118 heavy (non-hydrogen) atoms. The van der Waals surface area contributed by atoms with E-state index in [0.29, 0.717) is 84.1 Å². The average Bonchev–Trinajstić information content (AvgIpc) is 1.61. The number of urea groups is 1. The second-order valence-corrected chi connectivity index (χ2v) is 32.4. The fourth-order valence-corrected chi connectivity index (χ4v) is 14.3. The predicted molar refractivity (Wildman–Crippen MR) is 465 cm³/mol. The number of aliphatic imine (C=N–C) groups is 1. The largest absolute Gasteiger partial charge is 0.506 e. The Labute approximate surface area is 714 Å². The number of phenols is 1. The maximum atomic E-state index is 14.1. The number of phenolic OH excluding ortho intramolecular Hbond substituents is 1. The standard InChI is InChI=1S/C35H36N4O6.C34H30Cl4N4O3S.C19H23ClN2O5/c1-5-6-7-32(45-31-17-8-22(2)18-23(31)3)34(41)38-29-19-30(40)28(20-33(29)44-27-15-13-26(43-4)14-16-27)39-35(42)37-25-11-9-24(21-36)10-12-25;1-5-27(45-28-13-11-18(2)14-20(28)4)33(43)40-25-8-6-7-9-29(25)46-31-32(39-26-15-19(3)10-12-22(26)36)41-42(34(31)44)30-23(37)16-21(35)17-24(30)38;1-10-7-8-11(20)12(9-10)21-15(24)13(14(23)18(2,3)4)22-16(25)19(5,6)27-17(22)26/h8-20,32,40H,5-7H2,1-4H3,(H,38,41)(H2,37,39,42);6-17,27,31H,5H2,1-4H3,(H,39,41)(H,40,43);7-9,13H,1-6H3,(H,21,24). The Balaban J connectivity index is 0.000000209. The van der Waals surface area contributed by atoms with Gasteiger partial charge in [0.15, 0.2) is 35.4 Å². The van der Waals surface area contributed by atoms with Crippen molar-refractivity contribution < 1.29 is 67.1 Å². The van der Waals surface area contributed by atoms with Gasteiger partial charge >= 0.3 is 12.1 Å². The number of hydrogen-bond donors (Lipinski definition) is 7. The van der Waals surface area contributed by atoms with Gasteiger partial charge in [-0.3, -0.25) is 34.2 Å². The second-order valence-electron chi connectivity index (χ2n) is 29.2. The zero-order valence-corrected chi connectivity index (χ0v) is 71.7. The van der Waals surface area contributed by atoms with Crippen molar-refractivity contribution in [2.24, 2.45) is 10.4 Å². The quantitative estimate of drug-likeness (QED) is 0.0206. The molecule has 24 nitrogen and oxygen atoms in total. The number of carbonyl (C=O) groups is 8. The van der Waals surface area contributed by atoms with E-state index in [-0.39, 0.29) is 61.1 Å². The van der Waals surface area contributed by atoms with E-state index in [2.05, 4.69) is 32.0 Å². The van der Waals surface area contributed by atoms with Crippen molar-refractivity contribution in [1.29, 1.82) is 5.26 Å². The molecule has 2 aliphatic heterocycles. The van der Waals surface area contributed by atoms with Gasteiger partial charge in [-0.25, -0.2) is 24.5 Å². The molecule has 0 bridgehead atoms. The lowest BCUT2D eigenvalue weighted by molar-refractivity contribution is -0.145. The minimum Gasteiger partial charge on any atom is -0.506 e. The van der Waals surface area contributed by atoms with Crippen LogP contribution in [0.2, 0.25) is 25.1 Å². The molecule has 30 heteroatoms. The SMILES string of the molecule is CCC(Oc1ccc(C)cc1C)C(=O)Nc1ccccc1SC1C(=O)N(c2c(Cl)cc(Cl)cc2Cl)NC1=Nc1cc(C)ccc1Cl.CCCCC(Oc1ccc(C)cc1C)C(=O)Nc1cc(O)c(NC(=O)Nc2ccc(C#N)cc2)cc1Oc1ccc(OC)cc1.Cc1ccc(Cl)c(NC(=O)C(C(=O)C(C)(C)C)N2C(=O)OC(C)(C)C2=O)c1. The summed E-state index contributed by atoms with van der Waals surface area (Å²) < 4.78 is 28.7. The number of ketones is 1. The maximum Gasteiger partial charge on any atom is 0.418 e. The van der Waals surface area contributed by atoms with Crippen molar-refractivity contribution in [3.8, 4) is 40.6 Å². The number of unbranched alkanes of at least 4 members (excludes halogenated alkanes) is 1. The molecule has 2 aliphatic rings. The molecule has 0 saturated carbocycles. The molecule has 9 aromatic rings. The number of methoxy groups -OCH3 is 1. The molecular formula is C88H89Cl5N10O14S. The number of aromatic hydroxyl groups is 1. The van der Waals surface area contributed by atoms with Gasteiger partial charge < -0.3 is 55.4 Å². The number of hydrazine groups is 1. The first-order valence-electron chi connectivity index (χ1n) is 37.3. The summed E-state index contributed by atoms with van der Waals surface area (Å²) in [5.74, 6) is -0.795. The number of hydrogen-bond acceptors (Lipinski definition) is 17. The number of amides is 8. The smallest absolute Gasteiger partial charge is 0.418 e. The molecule has 2 heterocycles. The number of Topliss-reactive ketones (excluding diaryl/α,β-unsaturated/α-hetero) is 1. The van der Waals surface area contributed by atoms with Crippen LogP contribution in [-0.2, 0) is 33.5 Å². The molecule has 2 fully saturated rings. The number of halogens is 5. The minimum atomic E-state index is -1.66. The Morgan fingerprint density at radius 2 is 1.19 bits per heavy atom. The number of thioether (sulfide) groups is 1. The highest BCUT2D eigenvalue weighted by atomic mass is 35.5. The molecule has 2 saturated heterocycles. The van der Waals surface area contributed by atoms with Gasteiger partial charge in [0, 0.05) is 33.2 Å². The number of amidine groups is 1. The molecule has 7 N–H and O–H groups in total. The maximum absolute atomic E-state index is 14.1. The number of benzene rings is 9. The third kappa shape index (κ3) is 23.4. The van der Waals surface area contributed by atoms with Crippen molar-refractivity contribution in [3.05, 3.63) is 234 Å². The molecule has 0 aliphatic carbocycles. The molecule has 4 atom stereocenters. The lowest BCUT2D eigenvalue weighted by atomic mass is 9.85. The van der Waals surface area contributed by atoms with E-state index in [9.17, 15) is 43.5 Å². The lowest BCUT2D eigenvalue weighted by Gasteiger charge is -2.28. The van der Waals surface area contributed by atoms with Crippen LogP contribution in [0.15, 0.2) is 180 Å². The monoisotopic (exact) mass is 1720 g/mol. The van der Waals surface area contributed by atoms with Crippen LogP contribution in [0.5, 0.6) is 34.5 Å². The van der Waals surface area contributed by atoms with Crippen LogP contribution in [0.3, 0.4) is 0 Å². The number of cyclic esters (lactones) is 1. The van der Waals surface area contributed by atoms with Crippen LogP contribution < -0.4 is 56.0 Å². The number of aryl methyl sites for hydroxylation is 6. The van der Waals surface area contributed by atoms with Crippen molar-refractivity contribution >= 4 is 163 Å². The number of rotatable bonds is 25. The van der Waals surface area contributed by atoms with E-state index in [1.807, 2.05) is 122 Å². The minimum absolute atomic E-state index is 0.0386. The van der Waals surface area contributed by atoms with Gasteiger partial charge in [0.2, 0.25) is 0 Å². The van der Waals surface area contributed by atoms with E-state index in [4.69, 9.17) is 91.9 Å². The fourth-order valence-electron chi connectivity index (χ4n) is 11.9. The van der Waals surface area contributed by atoms with E-state index < -0.39 is 70.1 Å². The summed E-state index contributed by atoms with van der Waals surface area (Å²) in [4.78, 5) is 111. The van der Waals surface area contributed by atoms with Crippen LogP contribution in [0.25, 0.3) is 0 Å². The van der Waals surface area contributed by atoms with Gasteiger partial charge in [0.05, 0.1) is 67.3 Å². The van der Waals surface area contributed by atoms with Gasteiger partial charge in [0.25, 0.3) is 29.5 Å². The van der Waals surface area contributed by atoms with Gasteiger partial charge in [-0.05, 0) is 206 Å². The molecule has 0 spiro atoms. The lowest BCUT2D eigenvalue weighted by Crippen LogP contribution is -2.55.